The Balaban J connectivity index is 1.58. The Labute approximate surface area is 166 Å². The van der Waals surface area contributed by atoms with Crippen molar-refractivity contribution in [2.45, 2.75) is 32.6 Å². The van der Waals surface area contributed by atoms with Gasteiger partial charge in [-0.1, -0.05) is 32.9 Å². The van der Waals surface area contributed by atoms with Gasteiger partial charge in [0.2, 0.25) is 5.91 Å². The standard InChI is InChI=1S/C23H27NO4/c1-23(2,3)18-7-9-19(10-8-18)24-14-16(13-21(24)25)15-28-20-11-5-17(6-12-20)22(26)27-4/h5-12,16H,13-15H2,1-4H3/t16-/m1/s1. The Kier molecular flexibility index (Phi) is 5.73. The molecule has 5 heteroatoms. The molecule has 148 valence electrons. The predicted molar refractivity (Wildman–Crippen MR) is 109 cm³/mol. The van der Waals surface area contributed by atoms with Gasteiger partial charge in [-0.2, -0.15) is 0 Å². The molecule has 0 saturated carbocycles. The quantitative estimate of drug-likeness (QED) is 0.729. The Morgan fingerprint density at radius 1 is 1.07 bits per heavy atom. The molecule has 1 atom stereocenters. The number of methoxy groups -OCH3 is 1. The normalized spacial score (nSPS) is 16.9. The van der Waals surface area contributed by atoms with Crippen molar-refractivity contribution < 1.29 is 19.1 Å². The van der Waals surface area contributed by atoms with Crippen LogP contribution in [0.2, 0.25) is 0 Å². The van der Waals surface area contributed by atoms with Gasteiger partial charge in [0.15, 0.2) is 0 Å². The molecule has 0 aliphatic carbocycles. The fourth-order valence-corrected chi connectivity index (χ4v) is 3.30. The zero-order valence-electron chi connectivity index (χ0n) is 16.9. The first-order valence-corrected chi connectivity index (χ1v) is 9.50. The highest BCUT2D eigenvalue weighted by atomic mass is 16.5. The van der Waals surface area contributed by atoms with E-state index in [0.717, 1.165) is 5.69 Å². The third-order valence-corrected chi connectivity index (χ3v) is 5.01. The highest BCUT2D eigenvalue weighted by Gasteiger charge is 2.31. The number of esters is 1. The summed E-state index contributed by atoms with van der Waals surface area (Å²) < 4.78 is 10.5. The summed E-state index contributed by atoms with van der Waals surface area (Å²) in [5.74, 6) is 0.558. The first-order valence-electron chi connectivity index (χ1n) is 9.50. The van der Waals surface area contributed by atoms with Gasteiger partial charge in [0.25, 0.3) is 0 Å². The maximum absolute atomic E-state index is 12.4. The first kappa shape index (κ1) is 19.9. The molecule has 1 amide bonds. The average molecular weight is 381 g/mol. The molecule has 28 heavy (non-hydrogen) atoms. The lowest BCUT2D eigenvalue weighted by molar-refractivity contribution is -0.117. The van der Waals surface area contributed by atoms with Gasteiger partial charge in [-0.15, -0.1) is 0 Å². The Morgan fingerprint density at radius 3 is 2.29 bits per heavy atom. The van der Waals surface area contributed by atoms with E-state index in [-0.39, 0.29) is 23.2 Å². The largest absolute Gasteiger partial charge is 0.493 e. The molecule has 5 nitrogen and oxygen atoms in total. The number of carbonyl (C=O) groups excluding carboxylic acids is 2. The second-order valence-electron chi connectivity index (χ2n) is 8.20. The van der Waals surface area contributed by atoms with E-state index >= 15 is 0 Å². The van der Waals surface area contributed by atoms with Crippen molar-refractivity contribution in [2.75, 3.05) is 25.2 Å². The van der Waals surface area contributed by atoms with Crippen LogP contribution in [0.5, 0.6) is 5.75 Å². The predicted octanol–water partition coefficient (Wildman–Crippen LogP) is 4.20. The molecule has 3 rings (SSSR count). The van der Waals surface area contributed by atoms with E-state index in [0.29, 0.717) is 30.9 Å². The van der Waals surface area contributed by atoms with E-state index in [4.69, 9.17) is 4.74 Å². The number of carbonyl (C=O) groups is 2. The number of ether oxygens (including phenoxy) is 2. The topological polar surface area (TPSA) is 55.8 Å². The van der Waals surface area contributed by atoms with Crippen LogP contribution in [-0.2, 0) is 14.9 Å². The summed E-state index contributed by atoms with van der Waals surface area (Å²) in [5, 5.41) is 0. The smallest absolute Gasteiger partial charge is 0.337 e. The highest BCUT2D eigenvalue weighted by molar-refractivity contribution is 5.95. The minimum atomic E-state index is -0.374. The van der Waals surface area contributed by atoms with Crippen LogP contribution in [0.1, 0.15) is 43.1 Å². The molecule has 0 unspecified atom stereocenters. The lowest BCUT2D eigenvalue weighted by Crippen LogP contribution is -2.25. The van der Waals surface area contributed by atoms with Crippen molar-refractivity contribution in [2.24, 2.45) is 5.92 Å². The van der Waals surface area contributed by atoms with Crippen LogP contribution in [0.3, 0.4) is 0 Å². The second kappa shape index (κ2) is 8.05. The van der Waals surface area contributed by atoms with E-state index in [1.54, 1.807) is 24.3 Å². The monoisotopic (exact) mass is 381 g/mol. The van der Waals surface area contributed by atoms with Crippen molar-refractivity contribution in [3.05, 3.63) is 59.7 Å². The molecule has 0 radical (unpaired) electrons. The molecule has 2 aromatic carbocycles. The molecule has 1 fully saturated rings. The molecule has 0 spiro atoms. The van der Waals surface area contributed by atoms with E-state index in [2.05, 4.69) is 37.6 Å². The summed E-state index contributed by atoms with van der Waals surface area (Å²) in [6.45, 7) is 7.63. The van der Waals surface area contributed by atoms with Gasteiger partial charge >= 0.3 is 5.97 Å². The maximum atomic E-state index is 12.4. The van der Waals surface area contributed by atoms with Gasteiger partial charge < -0.3 is 14.4 Å². The number of rotatable bonds is 5. The Bertz CT molecular complexity index is 834. The number of nitrogens with zero attached hydrogens (tertiary/aromatic N) is 1. The molecule has 1 aliphatic rings. The van der Waals surface area contributed by atoms with Crippen molar-refractivity contribution in [1.82, 2.24) is 0 Å². The van der Waals surface area contributed by atoms with Gasteiger partial charge in [0.1, 0.15) is 5.75 Å². The van der Waals surface area contributed by atoms with Crippen LogP contribution in [0.4, 0.5) is 5.69 Å². The molecule has 0 N–H and O–H groups in total. The van der Waals surface area contributed by atoms with Gasteiger partial charge in [-0.3, -0.25) is 4.79 Å². The molecule has 1 aliphatic heterocycles. The minimum absolute atomic E-state index is 0.0906. The van der Waals surface area contributed by atoms with Crippen LogP contribution >= 0.6 is 0 Å². The minimum Gasteiger partial charge on any atom is -0.493 e. The SMILES string of the molecule is COC(=O)c1ccc(OC[C@@H]2CC(=O)N(c3ccc(C(C)(C)C)cc3)C2)cc1. The third kappa shape index (κ3) is 4.53. The molecule has 0 aromatic heterocycles. The molecule has 1 heterocycles. The summed E-state index contributed by atoms with van der Waals surface area (Å²) in [6, 6.07) is 15.1. The molecular formula is C23H27NO4. The van der Waals surface area contributed by atoms with E-state index in [9.17, 15) is 9.59 Å². The average Bonchev–Trinajstić information content (AvgIpc) is 3.06. The second-order valence-corrected chi connectivity index (χ2v) is 8.20. The van der Waals surface area contributed by atoms with Crippen LogP contribution in [0.15, 0.2) is 48.5 Å². The number of hydrogen-bond acceptors (Lipinski definition) is 4. The number of anilines is 1. The Hall–Kier alpha value is -2.82. The highest BCUT2D eigenvalue weighted by Crippen LogP contribution is 2.29. The Morgan fingerprint density at radius 2 is 1.71 bits per heavy atom. The van der Waals surface area contributed by atoms with E-state index in [1.807, 2.05) is 17.0 Å². The fourth-order valence-electron chi connectivity index (χ4n) is 3.30. The van der Waals surface area contributed by atoms with Crippen LogP contribution in [0, 0.1) is 5.92 Å². The summed E-state index contributed by atoms with van der Waals surface area (Å²) >= 11 is 0. The van der Waals surface area contributed by atoms with E-state index < -0.39 is 0 Å². The molecule has 0 bridgehead atoms. The lowest BCUT2D eigenvalue weighted by Gasteiger charge is -2.21. The fraction of sp³-hybridized carbons (Fsp3) is 0.391. The summed E-state index contributed by atoms with van der Waals surface area (Å²) in [6.07, 6.45) is 0.473. The van der Waals surface area contributed by atoms with E-state index in [1.165, 1.54) is 12.7 Å². The van der Waals surface area contributed by atoms with Crippen molar-refractivity contribution in [3.8, 4) is 5.75 Å². The van der Waals surface area contributed by atoms with Crippen LogP contribution in [-0.4, -0.2) is 32.1 Å². The third-order valence-electron chi connectivity index (χ3n) is 5.01. The number of amides is 1. The van der Waals surface area contributed by atoms with Gasteiger partial charge in [-0.25, -0.2) is 4.79 Å². The van der Waals surface area contributed by atoms with Gasteiger partial charge in [0.05, 0.1) is 19.3 Å². The summed E-state index contributed by atoms with van der Waals surface area (Å²) in [7, 11) is 1.35. The van der Waals surface area contributed by atoms with Crippen molar-refractivity contribution in [1.29, 1.82) is 0 Å². The first-order chi connectivity index (χ1) is 13.3. The number of benzene rings is 2. The summed E-state index contributed by atoms with van der Waals surface area (Å²) in [5.41, 5.74) is 2.75. The van der Waals surface area contributed by atoms with Crippen molar-refractivity contribution >= 4 is 17.6 Å². The van der Waals surface area contributed by atoms with Gasteiger partial charge in [-0.05, 0) is 47.4 Å². The molecular weight excluding hydrogens is 354 g/mol. The molecule has 1 saturated heterocycles. The zero-order valence-corrected chi connectivity index (χ0v) is 16.9. The molecule has 2 aromatic rings. The number of hydrogen-bond donors (Lipinski definition) is 0. The van der Waals surface area contributed by atoms with Crippen LogP contribution < -0.4 is 9.64 Å². The lowest BCUT2D eigenvalue weighted by atomic mass is 9.87. The zero-order chi connectivity index (χ0) is 20.3. The maximum Gasteiger partial charge on any atom is 0.337 e. The van der Waals surface area contributed by atoms with Crippen molar-refractivity contribution in [3.63, 3.8) is 0 Å². The van der Waals surface area contributed by atoms with Gasteiger partial charge in [0, 0.05) is 24.6 Å². The summed E-state index contributed by atoms with van der Waals surface area (Å²) in [4.78, 5) is 25.8. The van der Waals surface area contributed by atoms with Crippen LogP contribution in [0.25, 0.3) is 0 Å².